The molecule has 132 valence electrons. The van der Waals surface area contributed by atoms with Crippen molar-refractivity contribution in [2.75, 3.05) is 27.9 Å². The van der Waals surface area contributed by atoms with E-state index < -0.39 is 5.78 Å². The van der Waals surface area contributed by atoms with Gasteiger partial charge in [-0.2, -0.15) is 0 Å². The summed E-state index contributed by atoms with van der Waals surface area (Å²) in [5.41, 5.74) is 1.10. The highest BCUT2D eigenvalue weighted by Gasteiger charge is 2.36. The van der Waals surface area contributed by atoms with Crippen LogP contribution in [0.2, 0.25) is 0 Å². The topological polar surface area (TPSA) is 91.3 Å². The average Bonchev–Trinajstić information content (AvgIpc) is 2.61. The molecule has 0 unspecified atom stereocenters. The molecule has 7 nitrogen and oxygen atoms in total. The molecule has 1 heterocycles. The minimum Gasteiger partial charge on any atom is -0.504 e. The number of methoxy groups -OCH3 is 3. The molecule has 2 aliphatic rings. The summed E-state index contributed by atoms with van der Waals surface area (Å²) in [7, 11) is 4.09. The zero-order chi connectivity index (χ0) is 18.1. The molecule has 1 N–H and O–H groups in total. The number of fused-ring (bicyclic) bond motifs is 1. The fourth-order valence-electron chi connectivity index (χ4n) is 3.06. The number of ketones is 2. The van der Waals surface area contributed by atoms with Gasteiger partial charge in [0.15, 0.2) is 11.5 Å². The maximum atomic E-state index is 12.7. The lowest BCUT2D eigenvalue weighted by atomic mass is 9.84. The van der Waals surface area contributed by atoms with Crippen LogP contribution in [0.3, 0.4) is 0 Å². The number of carbonyl (C=O) groups is 2. The quantitative estimate of drug-likeness (QED) is 0.827. The van der Waals surface area contributed by atoms with E-state index in [0.29, 0.717) is 23.5 Å². The fraction of sp³-hybridized carbons (Fsp3) is 0.333. The van der Waals surface area contributed by atoms with Crippen LogP contribution in [-0.4, -0.2) is 44.6 Å². The van der Waals surface area contributed by atoms with E-state index in [1.165, 1.54) is 33.5 Å². The van der Waals surface area contributed by atoms with E-state index in [1.807, 2.05) is 0 Å². The van der Waals surface area contributed by atoms with Crippen LogP contribution in [0.1, 0.15) is 5.56 Å². The standard InChI is InChI=1S/C18H18O7/c1-22-15-5-9-4-10(8-25-14(9)7-12(15)19)11-6-13(20)17(23-2)18(24-3)16(11)21/h5-7,10,19H,4,8H2,1-3H3/t10-/m0/s1. The maximum Gasteiger partial charge on any atom is 0.228 e. The van der Waals surface area contributed by atoms with Gasteiger partial charge < -0.3 is 24.1 Å². The summed E-state index contributed by atoms with van der Waals surface area (Å²) in [6, 6.07) is 3.15. The number of ether oxygens (including phenoxy) is 4. The molecule has 7 heteroatoms. The molecule has 0 amide bonds. The normalized spacial score (nSPS) is 19.8. The van der Waals surface area contributed by atoms with E-state index in [2.05, 4.69) is 0 Å². The number of carbonyl (C=O) groups excluding carboxylic acids is 2. The van der Waals surface area contributed by atoms with E-state index in [1.54, 1.807) is 6.07 Å². The Labute approximate surface area is 144 Å². The summed E-state index contributed by atoms with van der Waals surface area (Å²) in [5.74, 6) is -0.477. The molecule has 1 aliphatic heterocycles. The highest BCUT2D eigenvalue weighted by atomic mass is 16.5. The number of hydrogen-bond acceptors (Lipinski definition) is 7. The summed E-state index contributed by atoms with van der Waals surface area (Å²) in [6.45, 7) is 0.211. The van der Waals surface area contributed by atoms with Crippen LogP contribution in [0.15, 0.2) is 35.3 Å². The van der Waals surface area contributed by atoms with Gasteiger partial charge in [0.1, 0.15) is 5.75 Å². The molecule has 1 aromatic rings. The molecule has 0 bridgehead atoms. The second-order valence-corrected chi connectivity index (χ2v) is 5.70. The Balaban J connectivity index is 1.92. The molecule has 1 aromatic carbocycles. The number of Topliss-reactive ketones (excluding diaryl/α,β-unsaturated/α-hetero) is 1. The predicted octanol–water partition coefficient (Wildman–Crippen LogP) is 1.53. The number of allylic oxidation sites excluding steroid dienone is 2. The van der Waals surface area contributed by atoms with Gasteiger partial charge in [0, 0.05) is 17.6 Å². The summed E-state index contributed by atoms with van der Waals surface area (Å²) in [5, 5.41) is 9.83. The first kappa shape index (κ1) is 16.9. The second-order valence-electron chi connectivity index (χ2n) is 5.70. The smallest absolute Gasteiger partial charge is 0.228 e. The molecule has 0 fully saturated rings. The Hall–Kier alpha value is -2.96. The monoisotopic (exact) mass is 346 g/mol. The van der Waals surface area contributed by atoms with Gasteiger partial charge in [-0.3, -0.25) is 9.59 Å². The van der Waals surface area contributed by atoms with Gasteiger partial charge in [0.25, 0.3) is 0 Å². The van der Waals surface area contributed by atoms with Gasteiger partial charge >= 0.3 is 0 Å². The molecule has 0 saturated carbocycles. The minimum absolute atomic E-state index is 0.0165. The molecular formula is C18H18O7. The van der Waals surface area contributed by atoms with E-state index in [9.17, 15) is 14.7 Å². The molecule has 3 rings (SSSR count). The lowest BCUT2D eigenvalue weighted by Gasteiger charge is -2.28. The van der Waals surface area contributed by atoms with Crippen LogP contribution in [0, 0.1) is 5.92 Å². The predicted molar refractivity (Wildman–Crippen MR) is 86.5 cm³/mol. The summed E-state index contributed by atoms with van der Waals surface area (Å²) < 4.78 is 20.8. The first-order valence-corrected chi connectivity index (χ1v) is 7.65. The number of hydrogen-bond donors (Lipinski definition) is 1. The van der Waals surface area contributed by atoms with Crippen LogP contribution in [0.25, 0.3) is 0 Å². The Kier molecular flexibility index (Phi) is 4.39. The van der Waals surface area contributed by atoms with Gasteiger partial charge in [0.05, 0.1) is 27.9 Å². The first-order chi connectivity index (χ1) is 12.0. The van der Waals surface area contributed by atoms with E-state index in [-0.39, 0.29) is 35.6 Å². The zero-order valence-electron chi connectivity index (χ0n) is 14.1. The average molecular weight is 346 g/mol. The largest absolute Gasteiger partial charge is 0.504 e. The Bertz CT molecular complexity index is 804. The van der Waals surface area contributed by atoms with Crippen molar-refractivity contribution < 1.29 is 33.6 Å². The van der Waals surface area contributed by atoms with Crippen molar-refractivity contribution in [1.82, 2.24) is 0 Å². The van der Waals surface area contributed by atoms with Crippen molar-refractivity contribution in [3.8, 4) is 17.2 Å². The third-order valence-corrected chi connectivity index (χ3v) is 4.30. The van der Waals surface area contributed by atoms with Gasteiger partial charge in [-0.25, -0.2) is 0 Å². The van der Waals surface area contributed by atoms with Crippen LogP contribution in [0.5, 0.6) is 17.2 Å². The maximum absolute atomic E-state index is 12.7. The number of benzene rings is 1. The summed E-state index contributed by atoms with van der Waals surface area (Å²) in [6.07, 6.45) is 1.75. The third-order valence-electron chi connectivity index (χ3n) is 4.30. The first-order valence-electron chi connectivity index (χ1n) is 7.65. The Morgan fingerprint density at radius 1 is 1.08 bits per heavy atom. The number of phenolic OH excluding ortho intramolecular Hbond substituents is 1. The van der Waals surface area contributed by atoms with Crippen molar-refractivity contribution in [1.29, 1.82) is 0 Å². The zero-order valence-corrected chi connectivity index (χ0v) is 14.1. The van der Waals surface area contributed by atoms with Crippen LogP contribution < -0.4 is 9.47 Å². The highest BCUT2D eigenvalue weighted by Crippen LogP contribution is 2.39. The van der Waals surface area contributed by atoms with Gasteiger partial charge in [-0.1, -0.05) is 0 Å². The van der Waals surface area contributed by atoms with Crippen LogP contribution in [-0.2, 0) is 25.5 Å². The van der Waals surface area contributed by atoms with Crippen molar-refractivity contribution in [2.45, 2.75) is 6.42 Å². The molecule has 1 atom stereocenters. The van der Waals surface area contributed by atoms with Crippen molar-refractivity contribution >= 4 is 11.6 Å². The molecule has 1 aliphatic carbocycles. The molecule has 0 radical (unpaired) electrons. The number of phenols is 1. The van der Waals surface area contributed by atoms with E-state index in [4.69, 9.17) is 18.9 Å². The molecule has 0 aromatic heterocycles. The summed E-state index contributed by atoms with van der Waals surface area (Å²) in [4.78, 5) is 24.9. The number of rotatable bonds is 4. The Morgan fingerprint density at radius 3 is 2.44 bits per heavy atom. The highest BCUT2D eigenvalue weighted by molar-refractivity contribution is 6.21. The van der Waals surface area contributed by atoms with Gasteiger partial charge in [0.2, 0.25) is 23.1 Å². The van der Waals surface area contributed by atoms with Gasteiger partial charge in [-0.15, -0.1) is 0 Å². The SMILES string of the molecule is COC1=C(OC)C(=O)C([C@@H]2COc3cc(O)c(OC)cc3C2)=CC1=O. The van der Waals surface area contributed by atoms with E-state index in [0.717, 1.165) is 5.56 Å². The number of aromatic hydroxyl groups is 1. The molecule has 0 saturated heterocycles. The van der Waals surface area contributed by atoms with Crippen molar-refractivity contribution in [3.05, 3.63) is 40.9 Å². The minimum atomic E-state index is -0.414. The molecule has 0 spiro atoms. The molecular weight excluding hydrogens is 328 g/mol. The Morgan fingerprint density at radius 2 is 1.80 bits per heavy atom. The van der Waals surface area contributed by atoms with Crippen molar-refractivity contribution in [2.24, 2.45) is 5.92 Å². The van der Waals surface area contributed by atoms with Gasteiger partial charge in [-0.05, 0) is 24.1 Å². The van der Waals surface area contributed by atoms with E-state index >= 15 is 0 Å². The third kappa shape index (κ3) is 2.82. The summed E-state index contributed by atoms with van der Waals surface area (Å²) >= 11 is 0. The fourth-order valence-corrected chi connectivity index (χ4v) is 3.06. The molecule has 25 heavy (non-hydrogen) atoms. The lowest BCUT2D eigenvalue weighted by molar-refractivity contribution is -0.121. The van der Waals surface area contributed by atoms with Crippen LogP contribution >= 0.6 is 0 Å². The second kappa shape index (κ2) is 6.51. The van der Waals surface area contributed by atoms with Crippen LogP contribution in [0.4, 0.5) is 0 Å². The van der Waals surface area contributed by atoms with Crippen molar-refractivity contribution in [3.63, 3.8) is 0 Å². The lowest BCUT2D eigenvalue weighted by Crippen LogP contribution is -2.31.